The van der Waals surface area contributed by atoms with Crippen molar-refractivity contribution in [3.8, 4) is 0 Å². The summed E-state index contributed by atoms with van der Waals surface area (Å²) in [4.78, 5) is 39.7. The number of carbonyl (C=O) groups excluding carboxylic acids is 1. The maximum absolute atomic E-state index is 12.3. The largest absolute Gasteiger partial charge is 0.334 e. The van der Waals surface area contributed by atoms with E-state index >= 15 is 0 Å². The number of rotatable bonds is 3. The van der Waals surface area contributed by atoms with Crippen LogP contribution < -0.4 is 16.6 Å². The number of urea groups is 1. The summed E-state index contributed by atoms with van der Waals surface area (Å²) in [5, 5.41) is 2.79. The number of nitrogens with one attached hydrogen (secondary N) is 2. The van der Waals surface area contributed by atoms with E-state index in [1.54, 1.807) is 0 Å². The SMILES string of the molecule is CCn1cc(CNC(=O)N2C[C@H]3CC=CC[C@H]3C2)c(=O)[nH]c1=O. The molecule has 1 aromatic rings. The molecule has 2 atom stereocenters. The second-order valence-corrected chi connectivity index (χ2v) is 6.23. The van der Waals surface area contributed by atoms with Gasteiger partial charge in [-0.1, -0.05) is 12.2 Å². The Bertz CT molecular complexity index is 718. The minimum Gasteiger partial charge on any atom is -0.334 e. The van der Waals surface area contributed by atoms with E-state index in [1.807, 2.05) is 11.8 Å². The third-order valence-corrected chi connectivity index (χ3v) is 4.76. The van der Waals surface area contributed by atoms with Gasteiger partial charge >= 0.3 is 11.7 Å². The van der Waals surface area contributed by atoms with Crippen molar-refractivity contribution in [3.05, 3.63) is 44.8 Å². The van der Waals surface area contributed by atoms with Crippen LogP contribution in [0.3, 0.4) is 0 Å². The molecule has 0 unspecified atom stereocenters. The van der Waals surface area contributed by atoms with Crippen LogP contribution in [0.4, 0.5) is 4.79 Å². The van der Waals surface area contributed by atoms with Gasteiger partial charge in [0, 0.05) is 25.8 Å². The summed E-state index contributed by atoms with van der Waals surface area (Å²) in [7, 11) is 0. The van der Waals surface area contributed by atoms with Crippen LogP contribution in [0.5, 0.6) is 0 Å². The number of aromatic nitrogens is 2. The molecule has 0 saturated carbocycles. The van der Waals surface area contributed by atoms with Crippen molar-refractivity contribution in [2.75, 3.05) is 13.1 Å². The zero-order valence-electron chi connectivity index (χ0n) is 13.2. The minimum atomic E-state index is -0.445. The minimum absolute atomic E-state index is 0.124. The van der Waals surface area contributed by atoms with Gasteiger partial charge < -0.3 is 14.8 Å². The van der Waals surface area contributed by atoms with Crippen LogP contribution in [0.15, 0.2) is 27.9 Å². The molecule has 2 N–H and O–H groups in total. The Labute approximate surface area is 134 Å². The number of nitrogens with zero attached hydrogens (tertiary/aromatic N) is 2. The van der Waals surface area contributed by atoms with Gasteiger partial charge in [-0.2, -0.15) is 0 Å². The molecule has 7 nitrogen and oxygen atoms in total. The van der Waals surface area contributed by atoms with E-state index in [9.17, 15) is 14.4 Å². The van der Waals surface area contributed by atoms with Crippen LogP contribution >= 0.6 is 0 Å². The summed E-state index contributed by atoms with van der Waals surface area (Å²) in [5.74, 6) is 1.10. The molecule has 23 heavy (non-hydrogen) atoms. The van der Waals surface area contributed by atoms with Gasteiger partial charge in [-0.15, -0.1) is 0 Å². The Hall–Kier alpha value is -2.31. The summed E-state index contributed by atoms with van der Waals surface area (Å²) in [6.07, 6.45) is 7.96. The normalized spacial score (nSPS) is 22.9. The van der Waals surface area contributed by atoms with Crippen LogP contribution in [0.25, 0.3) is 0 Å². The zero-order chi connectivity index (χ0) is 16.4. The van der Waals surface area contributed by atoms with Crippen LogP contribution in [-0.2, 0) is 13.1 Å². The maximum atomic E-state index is 12.3. The molecule has 1 aromatic heterocycles. The molecule has 2 amide bonds. The van der Waals surface area contributed by atoms with Crippen molar-refractivity contribution in [2.45, 2.75) is 32.9 Å². The monoisotopic (exact) mass is 318 g/mol. The molecule has 1 aliphatic carbocycles. The van der Waals surface area contributed by atoms with Gasteiger partial charge in [0.25, 0.3) is 5.56 Å². The zero-order valence-corrected chi connectivity index (χ0v) is 13.2. The van der Waals surface area contributed by atoms with Crippen LogP contribution in [-0.4, -0.2) is 33.6 Å². The molecule has 124 valence electrons. The predicted molar refractivity (Wildman–Crippen MR) is 86.2 cm³/mol. The quantitative estimate of drug-likeness (QED) is 0.803. The molecule has 1 saturated heterocycles. The summed E-state index contributed by atoms with van der Waals surface area (Å²) in [5.41, 5.74) is -0.485. The second kappa shape index (κ2) is 6.44. The molecule has 0 aromatic carbocycles. The van der Waals surface area contributed by atoms with Crippen molar-refractivity contribution >= 4 is 6.03 Å². The lowest BCUT2D eigenvalue weighted by molar-refractivity contribution is 0.206. The van der Waals surface area contributed by atoms with E-state index in [0.29, 0.717) is 23.9 Å². The standard InChI is InChI=1S/C16H22N4O3/c1-2-19-10-13(14(21)18-16(19)23)7-17-15(22)20-8-11-5-3-4-6-12(11)9-20/h3-4,10-12H,2,5-9H2,1H3,(H,17,22)(H,18,21,23)/t11-,12+. The fraction of sp³-hybridized carbons (Fsp3) is 0.562. The number of likely N-dealkylation sites (tertiary alicyclic amines) is 1. The van der Waals surface area contributed by atoms with Crippen LogP contribution in [0, 0.1) is 11.8 Å². The number of aromatic amines is 1. The van der Waals surface area contributed by atoms with Crippen molar-refractivity contribution in [1.29, 1.82) is 0 Å². The number of amides is 2. The topological polar surface area (TPSA) is 87.2 Å². The highest BCUT2D eigenvalue weighted by Gasteiger charge is 2.34. The average molecular weight is 318 g/mol. The number of hydrogen-bond donors (Lipinski definition) is 2. The first kappa shape index (κ1) is 15.6. The van der Waals surface area contributed by atoms with Crippen molar-refractivity contribution in [3.63, 3.8) is 0 Å². The molecule has 2 heterocycles. The molecule has 3 rings (SSSR count). The van der Waals surface area contributed by atoms with Crippen molar-refractivity contribution < 1.29 is 4.79 Å². The lowest BCUT2D eigenvalue weighted by Crippen LogP contribution is -2.40. The summed E-state index contributed by atoms with van der Waals surface area (Å²) >= 11 is 0. The molecular weight excluding hydrogens is 296 g/mol. The van der Waals surface area contributed by atoms with Crippen LogP contribution in [0.2, 0.25) is 0 Å². The smallest absolute Gasteiger partial charge is 0.328 e. The Morgan fingerprint density at radius 1 is 1.26 bits per heavy atom. The molecule has 7 heteroatoms. The fourth-order valence-corrected chi connectivity index (χ4v) is 3.38. The van der Waals surface area contributed by atoms with Crippen molar-refractivity contribution in [1.82, 2.24) is 19.8 Å². The second-order valence-electron chi connectivity index (χ2n) is 6.23. The first-order valence-corrected chi connectivity index (χ1v) is 8.09. The molecule has 1 aliphatic heterocycles. The summed E-state index contributed by atoms with van der Waals surface area (Å²) in [6.45, 7) is 3.96. The molecular formula is C16H22N4O3. The highest BCUT2D eigenvalue weighted by atomic mass is 16.2. The fourth-order valence-electron chi connectivity index (χ4n) is 3.38. The van der Waals surface area contributed by atoms with E-state index in [0.717, 1.165) is 25.9 Å². The molecule has 0 radical (unpaired) electrons. The van der Waals surface area contributed by atoms with E-state index < -0.39 is 11.2 Å². The summed E-state index contributed by atoms with van der Waals surface area (Å²) in [6, 6.07) is -0.145. The van der Waals surface area contributed by atoms with Gasteiger partial charge in [-0.25, -0.2) is 9.59 Å². The molecule has 1 fully saturated rings. The van der Waals surface area contributed by atoms with Gasteiger partial charge in [0.1, 0.15) is 0 Å². The lowest BCUT2D eigenvalue weighted by atomic mass is 9.86. The summed E-state index contributed by atoms with van der Waals surface area (Å²) < 4.78 is 1.42. The first-order valence-electron chi connectivity index (χ1n) is 8.09. The third kappa shape index (κ3) is 3.23. The van der Waals surface area contributed by atoms with Gasteiger partial charge in [0.2, 0.25) is 0 Å². The molecule has 0 spiro atoms. The maximum Gasteiger partial charge on any atom is 0.328 e. The van der Waals surface area contributed by atoms with Gasteiger partial charge in [-0.05, 0) is 31.6 Å². The van der Waals surface area contributed by atoms with E-state index in [2.05, 4.69) is 22.5 Å². The first-order chi connectivity index (χ1) is 11.1. The van der Waals surface area contributed by atoms with Gasteiger partial charge in [-0.3, -0.25) is 9.78 Å². The number of H-pyrrole nitrogens is 1. The van der Waals surface area contributed by atoms with Crippen LogP contribution in [0.1, 0.15) is 25.3 Å². The number of hydrogen-bond acceptors (Lipinski definition) is 3. The number of allylic oxidation sites excluding steroid dienone is 2. The molecule has 2 aliphatic rings. The van der Waals surface area contributed by atoms with E-state index in [-0.39, 0.29) is 12.6 Å². The van der Waals surface area contributed by atoms with E-state index in [1.165, 1.54) is 10.8 Å². The number of aryl methyl sites for hydroxylation is 1. The molecule has 0 bridgehead atoms. The highest BCUT2D eigenvalue weighted by Crippen LogP contribution is 2.32. The number of fused-ring (bicyclic) bond motifs is 1. The van der Waals surface area contributed by atoms with Crippen molar-refractivity contribution in [2.24, 2.45) is 11.8 Å². The lowest BCUT2D eigenvalue weighted by Gasteiger charge is -2.17. The van der Waals surface area contributed by atoms with Gasteiger partial charge in [0.15, 0.2) is 0 Å². The predicted octanol–water partition coefficient (Wildman–Crippen LogP) is 0.664. The van der Waals surface area contributed by atoms with Gasteiger partial charge in [0.05, 0.1) is 12.1 Å². The van der Waals surface area contributed by atoms with E-state index in [4.69, 9.17) is 0 Å². The Morgan fingerprint density at radius 3 is 2.52 bits per heavy atom. The Kier molecular flexibility index (Phi) is 4.36. The third-order valence-electron chi connectivity index (χ3n) is 4.76. The number of carbonyl (C=O) groups is 1. The average Bonchev–Trinajstić information content (AvgIpc) is 2.98. The highest BCUT2D eigenvalue weighted by molar-refractivity contribution is 5.74. The Balaban J connectivity index is 1.62. The Morgan fingerprint density at radius 2 is 1.91 bits per heavy atom.